The fraction of sp³-hybridized carbons (Fsp3) is 0.571. The summed E-state index contributed by atoms with van der Waals surface area (Å²) in [6.07, 6.45) is 5.29. The van der Waals surface area contributed by atoms with Gasteiger partial charge in [0.25, 0.3) is 0 Å². The molecule has 1 aromatic carbocycles. The van der Waals surface area contributed by atoms with Crippen LogP contribution in [0.25, 0.3) is 10.9 Å². The summed E-state index contributed by atoms with van der Waals surface area (Å²) in [6.45, 7) is 3.05. The zero-order valence-electron chi connectivity index (χ0n) is 15.4. The van der Waals surface area contributed by atoms with Crippen LogP contribution >= 0.6 is 0 Å². The number of H-pyrrole nitrogens is 1. The lowest BCUT2D eigenvalue weighted by atomic mass is 9.67. The van der Waals surface area contributed by atoms with Crippen LogP contribution < -0.4 is 0 Å². The molecule has 2 heterocycles. The molecule has 2 fully saturated rings. The maximum atomic E-state index is 12.1. The Morgan fingerprint density at radius 3 is 3.00 bits per heavy atom. The van der Waals surface area contributed by atoms with Gasteiger partial charge in [0.1, 0.15) is 0 Å². The summed E-state index contributed by atoms with van der Waals surface area (Å²) in [5, 5.41) is 11.6. The number of piperidine rings is 1. The summed E-state index contributed by atoms with van der Waals surface area (Å²) < 4.78 is 4.96. The Morgan fingerprint density at radius 2 is 2.15 bits per heavy atom. The smallest absolute Gasteiger partial charge is 0.311 e. The minimum atomic E-state index is -0.540. The Kier molecular flexibility index (Phi) is 5.00. The first-order chi connectivity index (χ1) is 12.7. The van der Waals surface area contributed by atoms with Crippen molar-refractivity contribution >= 4 is 16.9 Å². The number of esters is 1. The van der Waals surface area contributed by atoms with Gasteiger partial charge in [-0.15, -0.1) is 0 Å². The standard InChI is InChI=1S/C21H28N2O3/c1-26-21(25)20-17-9-11-23(13-15(17)6-7-19(20)24)10-8-14-12-22-18-5-3-2-4-16(14)18/h2-5,12,15,17,19-20,22,24H,6-11,13H2,1H3/t15-,17+,19+,20+/m0/s1. The molecule has 1 aliphatic carbocycles. The number of aromatic nitrogens is 1. The van der Waals surface area contributed by atoms with Crippen molar-refractivity contribution in [2.24, 2.45) is 17.8 Å². The number of fused-ring (bicyclic) bond motifs is 2. The van der Waals surface area contributed by atoms with E-state index in [1.54, 1.807) is 0 Å². The number of carbonyl (C=O) groups excluding carboxylic acids is 1. The van der Waals surface area contributed by atoms with Crippen LogP contribution in [0.4, 0.5) is 0 Å². The van der Waals surface area contributed by atoms with Crippen LogP contribution in [0.5, 0.6) is 0 Å². The number of aliphatic hydroxyl groups excluding tert-OH is 1. The van der Waals surface area contributed by atoms with E-state index in [2.05, 4.69) is 40.3 Å². The van der Waals surface area contributed by atoms with Gasteiger partial charge >= 0.3 is 5.97 Å². The first kappa shape index (κ1) is 17.6. The molecule has 4 atom stereocenters. The van der Waals surface area contributed by atoms with Crippen molar-refractivity contribution in [1.29, 1.82) is 0 Å². The molecular formula is C21H28N2O3. The Bertz CT molecular complexity index is 771. The summed E-state index contributed by atoms with van der Waals surface area (Å²) >= 11 is 0. The average Bonchev–Trinajstić information content (AvgIpc) is 3.09. The number of aromatic amines is 1. The number of carbonyl (C=O) groups is 1. The number of ether oxygens (including phenoxy) is 1. The van der Waals surface area contributed by atoms with Crippen molar-refractivity contribution in [2.75, 3.05) is 26.7 Å². The number of nitrogens with one attached hydrogen (secondary N) is 1. The van der Waals surface area contributed by atoms with Gasteiger partial charge in [-0.05, 0) is 55.7 Å². The number of para-hydroxylation sites is 1. The number of hydrogen-bond acceptors (Lipinski definition) is 4. The van der Waals surface area contributed by atoms with Crippen LogP contribution in [-0.2, 0) is 16.0 Å². The van der Waals surface area contributed by atoms with Gasteiger partial charge in [0.05, 0.1) is 19.1 Å². The molecule has 1 aromatic heterocycles. The van der Waals surface area contributed by atoms with Crippen LogP contribution in [0.3, 0.4) is 0 Å². The van der Waals surface area contributed by atoms with Crippen LogP contribution in [-0.4, -0.2) is 53.8 Å². The molecule has 0 radical (unpaired) electrons. The Morgan fingerprint density at radius 1 is 1.31 bits per heavy atom. The molecule has 26 heavy (non-hydrogen) atoms. The molecule has 1 saturated heterocycles. The van der Waals surface area contributed by atoms with Gasteiger partial charge in [0, 0.05) is 30.2 Å². The number of rotatable bonds is 4. The van der Waals surface area contributed by atoms with E-state index in [9.17, 15) is 9.90 Å². The fourth-order valence-corrected chi connectivity index (χ4v) is 5.04. The number of hydrogen-bond donors (Lipinski definition) is 2. The summed E-state index contributed by atoms with van der Waals surface area (Å²) in [5.74, 6) is 0.170. The molecule has 4 rings (SSSR count). The quantitative estimate of drug-likeness (QED) is 0.827. The van der Waals surface area contributed by atoms with Gasteiger partial charge in [-0.1, -0.05) is 18.2 Å². The van der Waals surface area contributed by atoms with E-state index in [4.69, 9.17) is 4.74 Å². The Balaban J connectivity index is 1.39. The molecule has 2 aliphatic rings. The lowest BCUT2D eigenvalue weighted by Gasteiger charge is -2.46. The van der Waals surface area contributed by atoms with Gasteiger partial charge in [-0.3, -0.25) is 4.79 Å². The summed E-state index contributed by atoms with van der Waals surface area (Å²) in [6, 6.07) is 8.44. The van der Waals surface area contributed by atoms with Gasteiger partial charge < -0.3 is 19.7 Å². The Hall–Kier alpha value is -1.85. The molecule has 0 spiro atoms. The SMILES string of the molecule is COC(=O)[C@@H]1[C@@H]2CCN(CCc3c[nH]c4ccccc34)C[C@@H]2CC[C@H]1O. The van der Waals surface area contributed by atoms with Gasteiger partial charge in [0.2, 0.25) is 0 Å². The minimum Gasteiger partial charge on any atom is -0.469 e. The van der Waals surface area contributed by atoms with Crippen LogP contribution in [0, 0.1) is 17.8 Å². The molecule has 1 saturated carbocycles. The van der Waals surface area contributed by atoms with E-state index in [1.807, 2.05) is 0 Å². The first-order valence-electron chi connectivity index (χ1n) is 9.70. The molecule has 0 unspecified atom stereocenters. The zero-order valence-corrected chi connectivity index (χ0v) is 15.4. The lowest BCUT2D eigenvalue weighted by Crippen LogP contribution is -2.51. The number of methoxy groups -OCH3 is 1. The fourth-order valence-electron chi connectivity index (χ4n) is 5.04. The average molecular weight is 356 g/mol. The molecule has 2 aromatic rings. The van der Waals surface area contributed by atoms with Crippen LogP contribution in [0.2, 0.25) is 0 Å². The summed E-state index contributed by atoms with van der Waals surface area (Å²) in [7, 11) is 1.43. The summed E-state index contributed by atoms with van der Waals surface area (Å²) in [4.78, 5) is 18.0. The monoisotopic (exact) mass is 356 g/mol. The van der Waals surface area contributed by atoms with Crippen molar-refractivity contribution < 1.29 is 14.6 Å². The Labute approximate surface area is 154 Å². The maximum absolute atomic E-state index is 12.1. The second-order valence-corrected chi connectivity index (χ2v) is 7.82. The number of benzene rings is 1. The van der Waals surface area contributed by atoms with E-state index in [0.717, 1.165) is 38.9 Å². The normalized spacial score (nSPS) is 29.5. The predicted octanol–water partition coefficient (Wildman–Crippen LogP) is 2.59. The van der Waals surface area contributed by atoms with Crippen molar-refractivity contribution in [2.45, 2.75) is 31.8 Å². The van der Waals surface area contributed by atoms with Gasteiger partial charge in [-0.25, -0.2) is 0 Å². The van der Waals surface area contributed by atoms with Crippen molar-refractivity contribution in [3.63, 3.8) is 0 Å². The molecule has 5 heteroatoms. The van der Waals surface area contributed by atoms with E-state index in [-0.39, 0.29) is 17.8 Å². The third-order valence-corrected chi connectivity index (χ3v) is 6.43. The molecule has 140 valence electrons. The zero-order chi connectivity index (χ0) is 18.1. The van der Waals surface area contributed by atoms with E-state index < -0.39 is 6.10 Å². The second kappa shape index (κ2) is 7.41. The van der Waals surface area contributed by atoms with E-state index in [1.165, 1.54) is 23.6 Å². The maximum Gasteiger partial charge on any atom is 0.311 e. The highest BCUT2D eigenvalue weighted by Gasteiger charge is 2.45. The van der Waals surface area contributed by atoms with Crippen molar-refractivity contribution in [1.82, 2.24) is 9.88 Å². The van der Waals surface area contributed by atoms with Crippen LogP contribution in [0.1, 0.15) is 24.8 Å². The van der Waals surface area contributed by atoms with E-state index >= 15 is 0 Å². The molecule has 0 bridgehead atoms. The van der Waals surface area contributed by atoms with Crippen molar-refractivity contribution in [3.05, 3.63) is 36.0 Å². The van der Waals surface area contributed by atoms with Crippen molar-refractivity contribution in [3.8, 4) is 0 Å². The lowest BCUT2D eigenvalue weighted by molar-refractivity contribution is -0.158. The topological polar surface area (TPSA) is 65.6 Å². The number of likely N-dealkylation sites (tertiary alicyclic amines) is 1. The largest absolute Gasteiger partial charge is 0.469 e. The predicted molar refractivity (Wildman–Crippen MR) is 101 cm³/mol. The second-order valence-electron chi connectivity index (χ2n) is 7.82. The number of aliphatic hydroxyl groups is 1. The van der Waals surface area contributed by atoms with Crippen LogP contribution in [0.15, 0.2) is 30.5 Å². The number of nitrogens with zero attached hydrogens (tertiary/aromatic N) is 1. The third kappa shape index (κ3) is 3.26. The van der Waals surface area contributed by atoms with Gasteiger partial charge in [-0.2, -0.15) is 0 Å². The highest BCUT2D eigenvalue weighted by Crippen LogP contribution is 2.41. The van der Waals surface area contributed by atoms with E-state index in [0.29, 0.717) is 12.3 Å². The first-order valence-corrected chi connectivity index (χ1v) is 9.70. The van der Waals surface area contributed by atoms with Gasteiger partial charge in [0.15, 0.2) is 0 Å². The molecule has 0 amide bonds. The minimum absolute atomic E-state index is 0.237. The highest BCUT2D eigenvalue weighted by atomic mass is 16.5. The summed E-state index contributed by atoms with van der Waals surface area (Å²) in [5.41, 5.74) is 2.57. The molecular weight excluding hydrogens is 328 g/mol. The third-order valence-electron chi connectivity index (χ3n) is 6.43. The molecule has 1 aliphatic heterocycles. The molecule has 2 N–H and O–H groups in total. The highest BCUT2D eigenvalue weighted by molar-refractivity contribution is 5.83. The molecule has 5 nitrogen and oxygen atoms in total.